The van der Waals surface area contributed by atoms with Gasteiger partial charge < -0.3 is 43.9 Å². The summed E-state index contributed by atoms with van der Waals surface area (Å²) in [5.41, 5.74) is 6.38. The van der Waals surface area contributed by atoms with Gasteiger partial charge in [-0.3, -0.25) is 9.59 Å². The molecule has 0 bridgehead atoms. The fourth-order valence-corrected chi connectivity index (χ4v) is 2.12. The van der Waals surface area contributed by atoms with E-state index in [2.05, 4.69) is 24.2 Å². The summed E-state index contributed by atoms with van der Waals surface area (Å²) in [7, 11) is 0. The predicted molar refractivity (Wildman–Crippen MR) is 128 cm³/mol. The van der Waals surface area contributed by atoms with Crippen LogP contribution in [0.2, 0.25) is 0 Å². The molecule has 0 saturated carbocycles. The van der Waals surface area contributed by atoms with Crippen LogP contribution < -0.4 is 23.5 Å². The van der Waals surface area contributed by atoms with Crippen LogP contribution in [0.1, 0.15) is 25.0 Å². The summed E-state index contributed by atoms with van der Waals surface area (Å²) < 4.78 is 0. The van der Waals surface area contributed by atoms with Crippen molar-refractivity contribution in [3.05, 3.63) is 71.8 Å². The normalized spacial score (nSPS) is 9.18. The van der Waals surface area contributed by atoms with E-state index in [9.17, 15) is 14.7 Å². The van der Waals surface area contributed by atoms with Crippen LogP contribution in [0, 0.1) is 0 Å². The summed E-state index contributed by atoms with van der Waals surface area (Å²) >= 11 is 4.87. The lowest BCUT2D eigenvalue weighted by Gasteiger charge is -2.05. The van der Waals surface area contributed by atoms with Gasteiger partial charge >= 0.3 is 0 Å². The van der Waals surface area contributed by atoms with E-state index in [-0.39, 0.29) is 41.3 Å². The maximum absolute atomic E-state index is 11.2. The fourth-order valence-electron chi connectivity index (χ4n) is 2.12. The number of aromatic hydroxyl groups is 4. The van der Waals surface area contributed by atoms with Crippen LogP contribution in [0.5, 0.6) is 23.0 Å². The molecule has 0 unspecified atom stereocenters. The number of quaternary nitrogens is 1. The molecule has 2 aromatic carbocycles. The lowest BCUT2D eigenvalue weighted by molar-refractivity contribution is -0.366. The van der Waals surface area contributed by atoms with Crippen molar-refractivity contribution in [1.82, 2.24) is 5.32 Å². The van der Waals surface area contributed by atoms with Crippen LogP contribution in [-0.2, 0) is 22.4 Å². The van der Waals surface area contributed by atoms with Gasteiger partial charge in [0.25, 0.3) is 0 Å². The molecule has 0 fully saturated rings. The number of amides is 1. The molecule has 0 heterocycles. The summed E-state index contributed by atoms with van der Waals surface area (Å²) in [6.45, 7) is 11.3. The number of hydrogen-bond acceptors (Lipinski definition) is 6. The van der Waals surface area contributed by atoms with Gasteiger partial charge in [-0.05, 0) is 67.3 Å². The average Bonchev–Trinajstić information content (AvgIpc) is 2.74. The van der Waals surface area contributed by atoms with E-state index in [1.165, 1.54) is 18.2 Å². The Balaban J connectivity index is 0. The highest BCUT2D eigenvalue weighted by molar-refractivity contribution is 6.67. The number of carbonyl (C=O) groups is 2. The summed E-state index contributed by atoms with van der Waals surface area (Å²) in [5, 5.41) is 38.6. The summed E-state index contributed by atoms with van der Waals surface area (Å²) in [6.07, 6.45) is 1.42. The molecule has 0 saturated heterocycles. The standard InChI is InChI=1S/C12H15NO3.C8H11NO2.C4H5ClO.ClH/c1-8(2)12(16)13-6-5-9-3-4-10(14)11(15)7-9;9-4-3-6-1-2-7(10)8(11)5-6;1-3(2)4(5)6;/h3-4,7,14-15H,1,5-6H2,2H3,(H,13,16);1-2,5,10-11H,3-4,9H2;1H2,2H3;1H. The van der Waals surface area contributed by atoms with Crippen molar-refractivity contribution in [2.24, 2.45) is 0 Å². The van der Waals surface area contributed by atoms with Gasteiger partial charge in [0.15, 0.2) is 23.0 Å². The highest BCUT2D eigenvalue weighted by Gasteiger charge is 2.03. The highest BCUT2D eigenvalue weighted by atomic mass is 35.5. The number of allylic oxidation sites excluding steroid dienone is 1. The Hall–Kier alpha value is -3.20. The summed E-state index contributed by atoms with van der Waals surface area (Å²) in [6, 6.07) is 9.41. The quantitative estimate of drug-likeness (QED) is 0.167. The smallest absolute Gasteiger partial charge is 0.247 e. The Bertz CT molecular complexity index is 968. The summed E-state index contributed by atoms with van der Waals surface area (Å²) in [4.78, 5) is 21.0. The van der Waals surface area contributed by atoms with Gasteiger partial charge in [-0.2, -0.15) is 0 Å². The van der Waals surface area contributed by atoms with Crippen LogP contribution in [0.3, 0.4) is 0 Å². The first kappa shape index (κ1) is 33.0. The molecule has 8 N–H and O–H groups in total. The van der Waals surface area contributed by atoms with Gasteiger partial charge in [0.2, 0.25) is 11.1 Å². The zero-order valence-electron chi connectivity index (χ0n) is 19.3. The second kappa shape index (κ2) is 17.3. The molecule has 0 spiro atoms. The largest absolute Gasteiger partial charge is 1.00 e. The van der Waals surface area contributed by atoms with Crippen LogP contribution >= 0.6 is 11.6 Å². The molecule has 0 aliphatic rings. The van der Waals surface area contributed by atoms with Crippen molar-refractivity contribution in [2.75, 3.05) is 13.1 Å². The molecule has 34 heavy (non-hydrogen) atoms. The molecule has 0 aliphatic heterocycles. The maximum atomic E-state index is 11.2. The first-order valence-corrected chi connectivity index (χ1v) is 10.4. The molecule has 10 heteroatoms. The average molecular weight is 515 g/mol. The second-order valence-corrected chi connectivity index (χ2v) is 7.43. The molecule has 0 atom stereocenters. The Morgan fingerprint density at radius 3 is 1.59 bits per heavy atom. The molecular formula is C24H32Cl2N2O6. The molecule has 0 aromatic heterocycles. The number of nitrogens with one attached hydrogen (secondary N) is 1. The minimum atomic E-state index is -0.463. The van der Waals surface area contributed by atoms with Crippen molar-refractivity contribution in [3.8, 4) is 23.0 Å². The maximum Gasteiger partial charge on any atom is 0.247 e. The Morgan fingerprint density at radius 2 is 1.26 bits per heavy atom. The lowest BCUT2D eigenvalue weighted by atomic mass is 10.1. The SMILES string of the molecule is C=C(C)C(=O)Cl.C=C(C)C(=O)NCCc1ccc(O)c(O)c1.[Cl-].[NH3+]CCc1ccc(O)c(O)c1. The molecule has 0 radical (unpaired) electrons. The zero-order chi connectivity index (χ0) is 25.6. The first-order valence-electron chi connectivity index (χ1n) is 9.99. The Labute approximate surface area is 210 Å². The first-order chi connectivity index (χ1) is 15.4. The monoisotopic (exact) mass is 514 g/mol. The lowest BCUT2D eigenvalue weighted by Crippen LogP contribution is -3.00. The topological polar surface area (TPSA) is 155 Å². The van der Waals surface area contributed by atoms with E-state index < -0.39 is 5.24 Å². The third-order valence-electron chi connectivity index (χ3n) is 3.97. The van der Waals surface area contributed by atoms with E-state index in [1.54, 1.807) is 32.0 Å². The molecular weight excluding hydrogens is 483 g/mol. The van der Waals surface area contributed by atoms with Gasteiger partial charge in [0.05, 0.1) is 6.54 Å². The molecule has 8 nitrogen and oxygen atoms in total. The third kappa shape index (κ3) is 14.1. The molecule has 2 aromatic rings. The van der Waals surface area contributed by atoms with Crippen LogP contribution in [-0.4, -0.2) is 44.7 Å². The van der Waals surface area contributed by atoms with Crippen molar-refractivity contribution in [3.63, 3.8) is 0 Å². The number of phenols is 4. The van der Waals surface area contributed by atoms with Gasteiger partial charge in [0, 0.05) is 24.1 Å². The van der Waals surface area contributed by atoms with Gasteiger partial charge in [-0.25, -0.2) is 0 Å². The molecule has 0 aliphatic carbocycles. The minimum absolute atomic E-state index is 0. The van der Waals surface area contributed by atoms with E-state index in [1.807, 2.05) is 0 Å². The van der Waals surface area contributed by atoms with Crippen LogP contribution in [0.15, 0.2) is 60.7 Å². The third-order valence-corrected chi connectivity index (χ3v) is 4.29. The molecule has 188 valence electrons. The number of phenolic OH excluding ortho intramolecular Hbond substituents is 4. The number of hydrogen-bond donors (Lipinski definition) is 6. The van der Waals surface area contributed by atoms with E-state index in [0.717, 1.165) is 24.1 Å². The fraction of sp³-hybridized carbons (Fsp3) is 0.250. The van der Waals surface area contributed by atoms with E-state index in [4.69, 9.17) is 26.9 Å². The number of halogens is 2. The van der Waals surface area contributed by atoms with E-state index >= 15 is 0 Å². The summed E-state index contributed by atoms with van der Waals surface area (Å²) in [5.74, 6) is -0.602. The van der Waals surface area contributed by atoms with Crippen molar-refractivity contribution >= 4 is 22.8 Å². The van der Waals surface area contributed by atoms with Crippen molar-refractivity contribution < 1.29 is 48.2 Å². The van der Waals surface area contributed by atoms with Crippen molar-refractivity contribution in [1.29, 1.82) is 0 Å². The zero-order valence-corrected chi connectivity index (χ0v) is 20.8. The Morgan fingerprint density at radius 1 is 0.853 bits per heavy atom. The van der Waals surface area contributed by atoms with Gasteiger partial charge in [-0.15, -0.1) is 0 Å². The number of carbonyl (C=O) groups excluding carboxylic acids is 2. The minimum Gasteiger partial charge on any atom is -1.00 e. The van der Waals surface area contributed by atoms with Crippen LogP contribution in [0.4, 0.5) is 0 Å². The number of benzene rings is 2. The number of rotatable bonds is 7. The molecule has 2 rings (SSSR count). The van der Waals surface area contributed by atoms with Crippen molar-refractivity contribution in [2.45, 2.75) is 26.7 Å². The van der Waals surface area contributed by atoms with Crippen LogP contribution in [0.25, 0.3) is 0 Å². The predicted octanol–water partition coefficient (Wildman–Crippen LogP) is -0.453. The Kier molecular flexibility index (Phi) is 16.8. The second-order valence-electron chi connectivity index (χ2n) is 7.09. The van der Waals surface area contributed by atoms with Gasteiger partial charge in [0.1, 0.15) is 0 Å². The van der Waals surface area contributed by atoms with E-state index in [0.29, 0.717) is 24.1 Å². The van der Waals surface area contributed by atoms with Gasteiger partial charge in [-0.1, -0.05) is 25.3 Å². The highest BCUT2D eigenvalue weighted by Crippen LogP contribution is 2.25. The molecule has 1 amide bonds.